The highest BCUT2D eigenvalue weighted by Crippen LogP contribution is 2.25. The molecule has 1 saturated heterocycles. The van der Waals surface area contributed by atoms with Gasteiger partial charge in [0.05, 0.1) is 0 Å². The quantitative estimate of drug-likeness (QED) is 0.748. The van der Waals surface area contributed by atoms with Gasteiger partial charge in [0.2, 0.25) is 11.8 Å². The van der Waals surface area contributed by atoms with Crippen molar-refractivity contribution >= 4 is 17.7 Å². The predicted octanol–water partition coefficient (Wildman–Crippen LogP) is 1.95. The van der Waals surface area contributed by atoms with Crippen molar-refractivity contribution in [1.82, 2.24) is 24.9 Å². The average molecular weight is 438 g/mol. The summed E-state index contributed by atoms with van der Waals surface area (Å²) in [5.74, 6) is -0.236. The molecule has 2 aromatic rings. The lowest BCUT2D eigenvalue weighted by Gasteiger charge is -2.28. The van der Waals surface area contributed by atoms with Gasteiger partial charge in [-0.05, 0) is 30.9 Å². The van der Waals surface area contributed by atoms with E-state index in [4.69, 9.17) is 0 Å². The Bertz CT molecular complexity index is 1020. The molecule has 0 spiro atoms. The van der Waals surface area contributed by atoms with Crippen molar-refractivity contribution in [2.24, 2.45) is 7.05 Å². The van der Waals surface area contributed by atoms with Gasteiger partial charge in [-0.3, -0.25) is 19.1 Å². The van der Waals surface area contributed by atoms with Gasteiger partial charge in [0, 0.05) is 70.3 Å². The number of likely N-dealkylation sites (tertiary alicyclic amines) is 1. The number of rotatable bonds is 6. The van der Waals surface area contributed by atoms with Crippen LogP contribution in [0.5, 0.6) is 0 Å². The van der Waals surface area contributed by atoms with E-state index < -0.39 is 0 Å². The van der Waals surface area contributed by atoms with Crippen molar-refractivity contribution in [2.75, 3.05) is 19.6 Å². The Morgan fingerprint density at radius 3 is 2.53 bits per heavy atom. The number of benzene rings is 1. The van der Waals surface area contributed by atoms with Gasteiger partial charge in [0.25, 0.3) is 5.91 Å². The first kappa shape index (κ1) is 22.0. The number of carbonyl (C=O) groups excluding carboxylic acids is 3. The molecule has 1 fully saturated rings. The summed E-state index contributed by atoms with van der Waals surface area (Å²) in [4.78, 5) is 41.6. The molecule has 8 nitrogen and oxygen atoms in total. The Morgan fingerprint density at radius 1 is 1.03 bits per heavy atom. The number of aryl methyl sites for hydroxylation is 2. The molecule has 32 heavy (non-hydrogen) atoms. The molecule has 1 N–H and O–H groups in total. The number of nitrogens with one attached hydrogen (secondary N) is 1. The number of fused-ring (bicyclic) bond motifs is 1. The van der Waals surface area contributed by atoms with Gasteiger partial charge in [-0.1, -0.05) is 24.3 Å². The summed E-state index contributed by atoms with van der Waals surface area (Å²) in [6, 6.07) is 7.91. The van der Waals surface area contributed by atoms with Crippen LogP contribution in [0.3, 0.4) is 0 Å². The zero-order valence-corrected chi connectivity index (χ0v) is 18.9. The fourth-order valence-corrected chi connectivity index (χ4v) is 4.52. The Balaban J connectivity index is 1.33. The smallest absolute Gasteiger partial charge is 0.274 e. The number of amides is 3. The highest BCUT2D eigenvalue weighted by molar-refractivity contribution is 5.94. The summed E-state index contributed by atoms with van der Waals surface area (Å²) in [6.07, 6.45) is 3.02. The molecule has 0 aliphatic carbocycles. The van der Waals surface area contributed by atoms with E-state index in [1.165, 1.54) is 0 Å². The van der Waals surface area contributed by atoms with Gasteiger partial charge in [-0.25, -0.2) is 0 Å². The third kappa shape index (κ3) is 4.69. The molecule has 1 aromatic heterocycles. The van der Waals surface area contributed by atoms with Crippen LogP contribution in [0.4, 0.5) is 0 Å². The number of nitrogens with zero attached hydrogens (tertiary/aromatic N) is 4. The highest BCUT2D eigenvalue weighted by atomic mass is 16.2. The molecular weight excluding hydrogens is 406 g/mol. The molecule has 0 atom stereocenters. The van der Waals surface area contributed by atoms with Crippen molar-refractivity contribution in [3.8, 4) is 0 Å². The van der Waals surface area contributed by atoms with Crippen LogP contribution in [-0.2, 0) is 36.1 Å². The van der Waals surface area contributed by atoms with Crippen LogP contribution >= 0.6 is 0 Å². The lowest BCUT2D eigenvalue weighted by molar-refractivity contribution is -0.134. The fourth-order valence-electron chi connectivity index (χ4n) is 4.52. The van der Waals surface area contributed by atoms with Crippen molar-refractivity contribution in [3.63, 3.8) is 0 Å². The van der Waals surface area contributed by atoms with Crippen molar-refractivity contribution in [1.29, 1.82) is 0 Å². The SMILES string of the molecule is Cc1ccccc1CNC(=O)CCC(=O)N1CCc2c(c(C(=O)N3CCCC3)nn2C)C1. The fraction of sp³-hybridized carbons (Fsp3) is 0.500. The van der Waals surface area contributed by atoms with Crippen LogP contribution in [-0.4, -0.2) is 56.9 Å². The van der Waals surface area contributed by atoms with E-state index in [-0.39, 0.29) is 30.6 Å². The van der Waals surface area contributed by atoms with Gasteiger partial charge in [0.15, 0.2) is 5.69 Å². The molecule has 3 amide bonds. The van der Waals surface area contributed by atoms with Crippen molar-refractivity contribution in [3.05, 3.63) is 52.3 Å². The van der Waals surface area contributed by atoms with E-state index in [1.54, 1.807) is 9.58 Å². The second-order valence-electron chi connectivity index (χ2n) is 8.67. The van der Waals surface area contributed by atoms with E-state index in [9.17, 15) is 14.4 Å². The Labute approximate surface area is 188 Å². The van der Waals surface area contributed by atoms with Gasteiger partial charge >= 0.3 is 0 Å². The number of hydrogen-bond donors (Lipinski definition) is 1. The maximum Gasteiger partial charge on any atom is 0.274 e. The van der Waals surface area contributed by atoms with Crippen molar-refractivity contribution in [2.45, 2.75) is 52.1 Å². The van der Waals surface area contributed by atoms with E-state index in [2.05, 4.69) is 10.4 Å². The molecule has 170 valence electrons. The van der Waals surface area contributed by atoms with Gasteiger partial charge in [0.1, 0.15) is 0 Å². The first-order valence-corrected chi connectivity index (χ1v) is 11.4. The third-order valence-corrected chi connectivity index (χ3v) is 6.49. The van der Waals surface area contributed by atoms with E-state index >= 15 is 0 Å². The second-order valence-corrected chi connectivity index (χ2v) is 8.67. The molecular formula is C24H31N5O3. The summed E-state index contributed by atoms with van der Waals surface area (Å²) < 4.78 is 1.78. The van der Waals surface area contributed by atoms with Crippen LogP contribution < -0.4 is 5.32 Å². The lowest BCUT2D eigenvalue weighted by Crippen LogP contribution is -2.38. The van der Waals surface area contributed by atoms with Gasteiger partial charge in [-0.2, -0.15) is 5.10 Å². The van der Waals surface area contributed by atoms with Crippen molar-refractivity contribution < 1.29 is 14.4 Å². The maximum absolute atomic E-state index is 12.9. The molecule has 1 aromatic carbocycles. The summed E-state index contributed by atoms with van der Waals surface area (Å²) >= 11 is 0. The van der Waals surface area contributed by atoms with Gasteiger partial charge < -0.3 is 15.1 Å². The second kappa shape index (κ2) is 9.54. The number of hydrogen-bond acceptors (Lipinski definition) is 4. The van der Waals surface area contributed by atoms with Crippen LogP contribution in [0.2, 0.25) is 0 Å². The van der Waals surface area contributed by atoms with E-state index in [0.29, 0.717) is 31.7 Å². The summed E-state index contributed by atoms with van der Waals surface area (Å²) in [5.41, 5.74) is 4.55. The maximum atomic E-state index is 12.9. The topological polar surface area (TPSA) is 87.5 Å². The summed E-state index contributed by atoms with van der Waals surface area (Å²) in [6.45, 7) is 4.96. The van der Waals surface area contributed by atoms with Crippen LogP contribution in [0, 0.1) is 6.92 Å². The molecule has 0 radical (unpaired) electrons. The van der Waals surface area contributed by atoms with Crippen LogP contribution in [0.1, 0.15) is 58.6 Å². The Kier molecular flexibility index (Phi) is 6.58. The molecule has 4 rings (SSSR count). The highest BCUT2D eigenvalue weighted by Gasteiger charge is 2.31. The largest absolute Gasteiger partial charge is 0.352 e. The Hall–Kier alpha value is -3.16. The summed E-state index contributed by atoms with van der Waals surface area (Å²) in [7, 11) is 1.86. The lowest BCUT2D eigenvalue weighted by atomic mass is 10.0. The van der Waals surface area contributed by atoms with E-state index in [1.807, 2.05) is 43.1 Å². The third-order valence-electron chi connectivity index (χ3n) is 6.49. The molecule has 0 saturated carbocycles. The molecule has 8 heteroatoms. The molecule has 2 aliphatic heterocycles. The molecule has 0 unspecified atom stereocenters. The Morgan fingerprint density at radius 2 is 1.78 bits per heavy atom. The molecule has 0 bridgehead atoms. The number of aromatic nitrogens is 2. The first-order chi connectivity index (χ1) is 15.4. The minimum atomic E-state index is -0.134. The normalized spacial score (nSPS) is 15.6. The molecule has 3 heterocycles. The van der Waals surface area contributed by atoms with Gasteiger partial charge in [-0.15, -0.1) is 0 Å². The minimum absolute atomic E-state index is 0.0377. The summed E-state index contributed by atoms with van der Waals surface area (Å²) in [5, 5.41) is 7.39. The van der Waals surface area contributed by atoms with Crippen LogP contribution in [0.15, 0.2) is 24.3 Å². The van der Waals surface area contributed by atoms with Crippen LogP contribution in [0.25, 0.3) is 0 Å². The standard InChI is InChI=1S/C24H31N5O3/c1-17-7-3-4-8-18(17)15-25-21(30)9-10-22(31)29-14-11-20-19(16-29)23(26-27(20)2)24(32)28-12-5-6-13-28/h3-4,7-8H,5-6,9-16H2,1-2H3,(H,25,30). The first-order valence-electron chi connectivity index (χ1n) is 11.4. The van der Waals surface area contributed by atoms with E-state index in [0.717, 1.165) is 48.3 Å². The minimum Gasteiger partial charge on any atom is -0.352 e. The monoisotopic (exact) mass is 437 g/mol. The average Bonchev–Trinajstić information content (AvgIpc) is 3.45. The predicted molar refractivity (Wildman–Crippen MR) is 120 cm³/mol. The number of carbonyl (C=O) groups is 3. The zero-order valence-electron chi connectivity index (χ0n) is 18.9. The molecule has 2 aliphatic rings. The zero-order chi connectivity index (χ0) is 22.7.